The van der Waals surface area contributed by atoms with Crippen LogP contribution in [0.5, 0.6) is 5.75 Å². The van der Waals surface area contributed by atoms with Crippen LogP contribution in [0.4, 0.5) is 5.69 Å². The number of benzene rings is 3. The predicted octanol–water partition coefficient (Wildman–Crippen LogP) is 5.61. The summed E-state index contributed by atoms with van der Waals surface area (Å²) >= 11 is 0. The number of carbonyl (C=O) groups excluding carboxylic acids is 1. The molecule has 0 aliphatic carbocycles. The lowest BCUT2D eigenvalue weighted by molar-refractivity contribution is -0.116. The average Bonchev–Trinajstić information content (AvgIpc) is 2.86. The molecule has 0 fully saturated rings. The van der Waals surface area contributed by atoms with Crippen LogP contribution < -0.4 is 15.6 Å². The van der Waals surface area contributed by atoms with Gasteiger partial charge in [0, 0.05) is 17.3 Å². The van der Waals surface area contributed by atoms with Crippen molar-refractivity contribution in [1.29, 1.82) is 0 Å². The van der Waals surface area contributed by atoms with Gasteiger partial charge in [0.15, 0.2) is 0 Å². The Hall–Kier alpha value is -3.86. The number of pyridine rings is 1. The number of carbonyl (C=O) groups is 1. The van der Waals surface area contributed by atoms with E-state index in [1.165, 1.54) is 11.1 Å². The second-order valence-corrected chi connectivity index (χ2v) is 9.02. The number of fused-ring (bicyclic) bond motifs is 1. The highest BCUT2D eigenvalue weighted by molar-refractivity contribution is 5.92. The summed E-state index contributed by atoms with van der Waals surface area (Å²) in [6, 6.07) is 22.0. The number of nitrogens with one attached hydrogen (secondary N) is 1. The molecule has 0 bridgehead atoms. The van der Waals surface area contributed by atoms with E-state index in [0.717, 1.165) is 35.0 Å². The third kappa shape index (κ3) is 5.62. The minimum atomic E-state index is -0.240. The summed E-state index contributed by atoms with van der Waals surface area (Å²) in [6.07, 6.45) is 2.36. The third-order valence-electron chi connectivity index (χ3n) is 6.45. The number of ether oxygens (including phenoxy) is 1. The van der Waals surface area contributed by atoms with Crippen LogP contribution in [-0.2, 0) is 30.6 Å². The molecule has 5 heteroatoms. The molecule has 4 rings (SSSR count). The van der Waals surface area contributed by atoms with Gasteiger partial charge in [-0.05, 0) is 79.5 Å². The van der Waals surface area contributed by atoms with Gasteiger partial charge in [-0.3, -0.25) is 14.2 Å². The first kappa shape index (κ1) is 24.3. The van der Waals surface area contributed by atoms with E-state index in [9.17, 15) is 9.59 Å². The lowest BCUT2D eigenvalue weighted by atomic mass is 10.0. The Morgan fingerprint density at radius 2 is 1.66 bits per heavy atom. The summed E-state index contributed by atoms with van der Waals surface area (Å²) in [5.41, 5.74) is 6.59. The molecule has 0 saturated carbocycles. The number of methoxy groups -OCH3 is 1. The normalized spacial score (nSPS) is 11.0. The molecule has 0 aliphatic heterocycles. The molecule has 180 valence electrons. The van der Waals surface area contributed by atoms with Gasteiger partial charge < -0.3 is 10.1 Å². The second-order valence-electron chi connectivity index (χ2n) is 9.02. The molecule has 5 nitrogen and oxygen atoms in total. The minimum Gasteiger partial charge on any atom is -0.497 e. The minimum absolute atomic E-state index is 0.0745. The maximum absolute atomic E-state index is 13.5. The number of hydrogen-bond donors (Lipinski definition) is 1. The lowest BCUT2D eigenvalue weighted by Crippen LogP contribution is -2.30. The summed E-state index contributed by atoms with van der Waals surface area (Å²) in [4.78, 5) is 26.6. The number of nitrogens with zero attached hydrogens (tertiary/aromatic N) is 1. The largest absolute Gasteiger partial charge is 0.497 e. The molecule has 4 aromatic rings. The molecule has 0 spiro atoms. The van der Waals surface area contributed by atoms with E-state index in [1.54, 1.807) is 11.7 Å². The van der Waals surface area contributed by atoms with E-state index < -0.39 is 0 Å². The van der Waals surface area contributed by atoms with Crippen molar-refractivity contribution >= 4 is 22.5 Å². The van der Waals surface area contributed by atoms with E-state index >= 15 is 0 Å². The Morgan fingerprint density at radius 1 is 0.914 bits per heavy atom. The fourth-order valence-electron chi connectivity index (χ4n) is 4.38. The van der Waals surface area contributed by atoms with Crippen LogP contribution in [0.3, 0.4) is 0 Å². The summed E-state index contributed by atoms with van der Waals surface area (Å²) in [5.74, 6) is 0.402. The van der Waals surface area contributed by atoms with Gasteiger partial charge in [0.05, 0.1) is 12.6 Å². The van der Waals surface area contributed by atoms with Gasteiger partial charge in [0.2, 0.25) is 5.91 Å². The van der Waals surface area contributed by atoms with Gasteiger partial charge in [-0.2, -0.15) is 0 Å². The molecule has 1 amide bonds. The molecule has 0 aliphatic rings. The number of aryl methyl sites for hydroxylation is 5. The Kier molecular flexibility index (Phi) is 7.35. The molecular formula is C30H32N2O3. The molecule has 0 atom stereocenters. The van der Waals surface area contributed by atoms with Gasteiger partial charge >= 0.3 is 0 Å². The third-order valence-corrected chi connectivity index (χ3v) is 6.45. The van der Waals surface area contributed by atoms with E-state index in [0.29, 0.717) is 23.3 Å². The van der Waals surface area contributed by atoms with Gasteiger partial charge in [-0.1, -0.05) is 48.9 Å². The highest BCUT2D eigenvalue weighted by Crippen LogP contribution is 2.22. The smallest absolute Gasteiger partial charge is 0.254 e. The summed E-state index contributed by atoms with van der Waals surface area (Å²) in [7, 11) is 1.59. The Balaban J connectivity index is 1.65. The van der Waals surface area contributed by atoms with Crippen LogP contribution in [0.1, 0.15) is 34.7 Å². The van der Waals surface area contributed by atoms with E-state index in [-0.39, 0.29) is 18.0 Å². The first-order valence-electron chi connectivity index (χ1n) is 12.0. The van der Waals surface area contributed by atoms with Crippen LogP contribution in [0.2, 0.25) is 0 Å². The first-order valence-corrected chi connectivity index (χ1v) is 12.0. The number of rotatable bonds is 8. The summed E-state index contributed by atoms with van der Waals surface area (Å²) in [5, 5.41) is 3.87. The number of aromatic nitrogens is 1. The standard InChI is InChI=1S/C30H32N2O3/c1-5-22-7-9-23(10-8-22)11-12-25-17-24-13-14-26(35-4)18-28(24)32(30(25)34)19-29(33)31-27-15-6-20(2)16-21(27)3/h6-10,13-18H,5,11-12,19H2,1-4H3,(H,31,33). The maximum atomic E-state index is 13.5. The van der Waals surface area contributed by atoms with Crippen molar-refractivity contribution in [3.05, 3.63) is 105 Å². The fraction of sp³-hybridized carbons (Fsp3) is 0.267. The van der Waals surface area contributed by atoms with Crippen molar-refractivity contribution in [2.75, 3.05) is 12.4 Å². The fourth-order valence-corrected chi connectivity index (χ4v) is 4.38. The SMILES string of the molecule is CCc1ccc(CCc2cc3ccc(OC)cc3n(CC(=O)Nc3ccc(C)cc3C)c2=O)cc1. The van der Waals surface area contributed by atoms with Crippen molar-refractivity contribution < 1.29 is 9.53 Å². The molecule has 35 heavy (non-hydrogen) atoms. The molecule has 1 aromatic heterocycles. The molecule has 1 heterocycles. The van der Waals surface area contributed by atoms with Gasteiger partial charge in [0.1, 0.15) is 12.3 Å². The number of amides is 1. The predicted molar refractivity (Wildman–Crippen MR) is 143 cm³/mol. The monoisotopic (exact) mass is 468 g/mol. The second kappa shape index (κ2) is 10.6. The van der Waals surface area contributed by atoms with Gasteiger partial charge in [-0.25, -0.2) is 0 Å². The molecule has 0 saturated heterocycles. The van der Waals surface area contributed by atoms with Crippen molar-refractivity contribution in [2.45, 2.75) is 46.6 Å². The van der Waals surface area contributed by atoms with Gasteiger partial charge in [-0.15, -0.1) is 0 Å². The average molecular weight is 469 g/mol. The van der Waals surface area contributed by atoms with Crippen LogP contribution in [0.25, 0.3) is 10.9 Å². The topological polar surface area (TPSA) is 60.3 Å². The van der Waals surface area contributed by atoms with Crippen LogP contribution in [0.15, 0.2) is 71.5 Å². The first-order chi connectivity index (χ1) is 16.9. The van der Waals surface area contributed by atoms with E-state index in [4.69, 9.17) is 4.74 Å². The van der Waals surface area contributed by atoms with E-state index in [2.05, 4.69) is 36.5 Å². The van der Waals surface area contributed by atoms with Crippen LogP contribution >= 0.6 is 0 Å². The van der Waals surface area contributed by atoms with E-state index in [1.807, 2.05) is 56.3 Å². The highest BCUT2D eigenvalue weighted by Gasteiger charge is 2.14. The zero-order valence-corrected chi connectivity index (χ0v) is 20.9. The zero-order chi connectivity index (χ0) is 24.9. The molecule has 0 radical (unpaired) electrons. The lowest BCUT2D eigenvalue weighted by Gasteiger charge is -2.15. The summed E-state index contributed by atoms with van der Waals surface area (Å²) in [6.45, 7) is 6.04. The van der Waals surface area contributed by atoms with Crippen molar-refractivity contribution in [1.82, 2.24) is 4.57 Å². The molecule has 1 N–H and O–H groups in total. The number of hydrogen-bond acceptors (Lipinski definition) is 3. The van der Waals surface area contributed by atoms with Crippen molar-refractivity contribution in [3.63, 3.8) is 0 Å². The Bertz CT molecular complexity index is 1420. The summed E-state index contributed by atoms with van der Waals surface area (Å²) < 4.78 is 6.94. The molecular weight excluding hydrogens is 436 g/mol. The maximum Gasteiger partial charge on any atom is 0.254 e. The quantitative estimate of drug-likeness (QED) is 0.365. The van der Waals surface area contributed by atoms with Crippen LogP contribution in [-0.4, -0.2) is 17.6 Å². The number of anilines is 1. The molecule has 0 unspecified atom stereocenters. The van der Waals surface area contributed by atoms with Gasteiger partial charge in [0.25, 0.3) is 5.56 Å². The Labute approximate surface area is 206 Å². The van der Waals surface area contributed by atoms with Crippen LogP contribution in [0, 0.1) is 13.8 Å². The zero-order valence-electron chi connectivity index (χ0n) is 20.9. The van der Waals surface area contributed by atoms with Crippen molar-refractivity contribution in [3.8, 4) is 5.75 Å². The Morgan fingerprint density at radius 3 is 2.34 bits per heavy atom. The highest BCUT2D eigenvalue weighted by atomic mass is 16.5. The molecule has 3 aromatic carbocycles. The van der Waals surface area contributed by atoms with Crippen molar-refractivity contribution in [2.24, 2.45) is 0 Å².